The second kappa shape index (κ2) is 7.73. The number of hydrogen-bond acceptors (Lipinski definition) is 3. The average Bonchev–Trinajstić information content (AvgIpc) is 3.05. The monoisotopic (exact) mass is 358 g/mol. The summed E-state index contributed by atoms with van der Waals surface area (Å²) in [5.74, 6) is 1.80. The molecule has 2 aliphatic carbocycles. The molecule has 0 saturated heterocycles. The molecule has 23 heavy (non-hydrogen) atoms. The first-order valence-corrected chi connectivity index (χ1v) is 8.38. The number of nitrogens with two attached hydrogens (primary N) is 1. The van der Waals surface area contributed by atoms with Crippen LogP contribution in [0.4, 0.5) is 0 Å². The van der Waals surface area contributed by atoms with Gasteiger partial charge in [-0.1, -0.05) is 17.7 Å². The first-order chi connectivity index (χ1) is 10.5. The molecule has 0 aromatic heterocycles. The largest absolute Gasteiger partial charge is 0.489 e. The Bertz CT molecular complexity index is 553. The van der Waals surface area contributed by atoms with E-state index in [9.17, 15) is 4.79 Å². The molecule has 3 N–H and O–H groups in total. The minimum atomic E-state index is -0.114. The van der Waals surface area contributed by atoms with E-state index in [4.69, 9.17) is 22.1 Å². The molecule has 1 aromatic carbocycles. The number of carbonyl (C=O) groups excluding carboxylic acids is 1. The molecule has 5 atom stereocenters. The molecule has 2 fully saturated rings. The Kier molecular flexibility index (Phi) is 6.18. The summed E-state index contributed by atoms with van der Waals surface area (Å²) in [6, 6.07) is 7.30. The van der Waals surface area contributed by atoms with Gasteiger partial charge in [0.1, 0.15) is 11.9 Å². The van der Waals surface area contributed by atoms with Crippen molar-refractivity contribution >= 4 is 29.9 Å². The van der Waals surface area contributed by atoms with E-state index in [0.29, 0.717) is 29.2 Å². The highest BCUT2D eigenvalue weighted by atomic mass is 35.5. The molecule has 2 saturated carbocycles. The average molecular weight is 359 g/mol. The highest BCUT2D eigenvalue weighted by Crippen LogP contribution is 2.47. The maximum absolute atomic E-state index is 12.4. The van der Waals surface area contributed by atoms with Crippen LogP contribution in [0.15, 0.2) is 24.3 Å². The minimum absolute atomic E-state index is 0. The SMILES string of the molecule is CC(CNC(=O)C1C2CCC(C2)C1N)Oc1cccc(Cl)c1.Cl. The van der Waals surface area contributed by atoms with Crippen molar-refractivity contribution in [2.24, 2.45) is 23.5 Å². The molecule has 0 spiro atoms. The quantitative estimate of drug-likeness (QED) is 0.850. The molecular weight excluding hydrogens is 335 g/mol. The van der Waals surface area contributed by atoms with Gasteiger partial charge in [-0.05, 0) is 56.2 Å². The number of carbonyl (C=O) groups is 1. The second-order valence-corrected chi connectivity index (χ2v) is 7.00. The summed E-state index contributed by atoms with van der Waals surface area (Å²) in [6.07, 6.45) is 3.33. The van der Waals surface area contributed by atoms with Gasteiger partial charge < -0.3 is 15.8 Å². The van der Waals surface area contributed by atoms with Crippen LogP contribution in [0.25, 0.3) is 0 Å². The second-order valence-electron chi connectivity index (χ2n) is 6.57. The zero-order chi connectivity index (χ0) is 15.7. The zero-order valence-corrected chi connectivity index (χ0v) is 14.8. The first kappa shape index (κ1) is 18.4. The van der Waals surface area contributed by atoms with E-state index in [1.807, 2.05) is 19.1 Å². The van der Waals surface area contributed by atoms with Gasteiger partial charge in [-0.3, -0.25) is 4.79 Å². The molecule has 3 rings (SSSR count). The predicted octanol–water partition coefficient (Wildman–Crippen LogP) is 3.02. The van der Waals surface area contributed by atoms with Gasteiger partial charge in [0.05, 0.1) is 12.5 Å². The number of fused-ring (bicyclic) bond motifs is 2. The van der Waals surface area contributed by atoms with E-state index in [2.05, 4.69) is 5.32 Å². The molecule has 2 aliphatic rings. The summed E-state index contributed by atoms with van der Waals surface area (Å²) in [6.45, 7) is 2.41. The Morgan fingerprint density at radius 3 is 2.83 bits per heavy atom. The van der Waals surface area contributed by atoms with E-state index < -0.39 is 0 Å². The summed E-state index contributed by atoms with van der Waals surface area (Å²) in [4.78, 5) is 12.4. The van der Waals surface area contributed by atoms with Crippen molar-refractivity contribution in [3.63, 3.8) is 0 Å². The molecule has 128 valence electrons. The number of ether oxygens (including phenoxy) is 1. The van der Waals surface area contributed by atoms with E-state index in [0.717, 1.165) is 12.8 Å². The van der Waals surface area contributed by atoms with Crippen molar-refractivity contribution in [3.05, 3.63) is 29.3 Å². The van der Waals surface area contributed by atoms with Gasteiger partial charge in [-0.15, -0.1) is 12.4 Å². The molecule has 2 bridgehead atoms. The summed E-state index contributed by atoms with van der Waals surface area (Å²) >= 11 is 5.93. The van der Waals surface area contributed by atoms with Gasteiger partial charge in [0.25, 0.3) is 0 Å². The van der Waals surface area contributed by atoms with Crippen LogP contribution in [0.5, 0.6) is 5.75 Å². The maximum Gasteiger partial charge on any atom is 0.225 e. The van der Waals surface area contributed by atoms with Crippen LogP contribution < -0.4 is 15.8 Å². The van der Waals surface area contributed by atoms with Crippen molar-refractivity contribution in [2.45, 2.75) is 38.3 Å². The number of amides is 1. The third kappa shape index (κ3) is 4.11. The fourth-order valence-electron chi connectivity index (χ4n) is 3.90. The first-order valence-electron chi connectivity index (χ1n) is 8.00. The zero-order valence-electron chi connectivity index (χ0n) is 13.2. The molecule has 0 heterocycles. The lowest BCUT2D eigenvalue weighted by Crippen LogP contribution is -2.47. The molecule has 0 aliphatic heterocycles. The van der Waals surface area contributed by atoms with Crippen LogP contribution in [0.1, 0.15) is 26.2 Å². The van der Waals surface area contributed by atoms with E-state index in [-0.39, 0.29) is 36.4 Å². The number of benzene rings is 1. The Morgan fingerprint density at radius 2 is 2.17 bits per heavy atom. The Morgan fingerprint density at radius 1 is 1.43 bits per heavy atom. The summed E-state index contributed by atoms with van der Waals surface area (Å²) in [5.41, 5.74) is 6.20. The lowest BCUT2D eigenvalue weighted by atomic mass is 9.84. The van der Waals surface area contributed by atoms with E-state index in [1.165, 1.54) is 6.42 Å². The van der Waals surface area contributed by atoms with Crippen LogP contribution in [0.2, 0.25) is 5.02 Å². The Hall–Kier alpha value is -0.970. The fourth-order valence-corrected chi connectivity index (χ4v) is 4.08. The van der Waals surface area contributed by atoms with Crippen molar-refractivity contribution in [3.8, 4) is 5.75 Å². The highest BCUT2D eigenvalue weighted by Gasteiger charge is 2.48. The maximum atomic E-state index is 12.4. The van der Waals surface area contributed by atoms with Crippen molar-refractivity contribution in [1.82, 2.24) is 5.32 Å². The van der Waals surface area contributed by atoms with Crippen molar-refractivity contribution in [2.75, 3.05) is 6.54 Å². The van der Waals surface area contributed by atoms with Crippen LogP contribution in [-0.2, 0) is 4.79 Å². The van der Waals surface area contributed by atoms with E-state index in [1.54, 1.807) is 12.1 Å². The van der Waals surface area contributed by atoms with Crippen molar-refractivity contribution < 1.29 is 9.53 Å². The molecule has 1 aromatic rings. The smallest absolute Gasteiger partial charge is 0.225 e. The lowest BCUT2D eigenvalue weighted by molar-refractivity contribution is -0.127. The molecule has 5 unspecified atom stereocenters. The van der Waals surface area contributed by atoms with Crippen LogP contribution >= 0.6 is 24.0 Å². The molecule has 0 radical (unpaired) electrons. The van der Waals surface area contributed by atoms with Gasteiger partial charge in [0.2, 0.25) is 5.91 Å². The normalized spacial score (nSPS) is 29.7. The van der Waals surface area contributed by atoms with Crippen LogP contribution in [-0.4, -0.2) is 24.6 Å². The van der Waals surface area contributed by atoms with Gasteiger partial charge in [0, 0.05) is 11.1 Å². The van der Waals surface area contributed by atoms with E-state index >= 15 is 0 Å². The number of hydrogen-bond donors (Lipinski definition) is 2. The predicted molar refractivity (Wildman–Crippen MR) is 94.1 cm³/mol. The number of halogens is 2. The standard InChI is InChI=1S/C17H23ClN2O2.ClH/c1-10(22-14-4-2-3-13(18)8-14)9-20-17(21)15-11-5-6-12(7-11)16(15)19;/h2-4,8,10-12,15-16H,5-7,9,19H2,1H3,(H,20,21);1H. The van der Waals surface area contributed by atoms with Crippen LogP contribution in [0.3, 0.4) is 0 Å². The summed E-state index contributed by atoms with van der Waals surface area (Å²) in [7, 11) is 0. The van der Waals surface area contributed by atoms with Crippen molar-refractivity contribution in [1.29, 1.82) is 0 Å². The molecular formula is C17H24Cl2N2O2. The lowest BCUT2D eigenvalue weighted by Gasteiger charge is -2.27. The van der Waals surface area contributed by atoms with Gasteiger partial charge in [0.15, 0.2) is 0 Å². The number of rotatable bonds is 5. The fraction of sp³-hybridized carbons (Fsp3) is 0.588. The van der Waals surface area contributed by atoms with Crippen LogP contribution in [0, 0.1) is 17.8 Å². The van der Waals surface area contributed by atoms with Gasteiger partial charge in [-0.2, -0.15) is 0 Å². The molecule has 6 heteroatoms. The topological polar surface area (TPSA) is 64.4 Å². The van der Waals surface area contributed by atoms with Gasteiger partial charge >= 0.3 is 0 Å². The molecule has 1 amide bonds. The third-order valence-corrected chi connectivity index (χ3v) is 5.22. The minimum Gasteiger partial charge on any atom is -0.489 e. The summed E-state index contributed by atoms with van der Waals surface area (Å²) < 4.78 is 5.77. The Balaban J connectivity index is 0.00000192. The third-order valence-electron chi connectivity index (χ3n) is 4.98. The highest BCUT2D eigenvalue weighted by molar-refractivity contribution is 6.30. The molecule has 4 nitrogen and oxygen atoms in total. The number of nitrogens with one attached hydrogen (secondary N) is 1. The Labute approximate surface area is 148 Å². The van der Waals surface area contributed by atoms with Gasteiger partial charge in [-0.25, -0.2) is 0 Å². The summed E-state index contributed by atoms with van der Waals surface area (Å²) in [5, 5.41) is 3.64.